The predicted octanol–water partition coefficient (Wildman–Crippen LogP) is 1.63. The van der Waals surface area contributed by atoms with E-state index in [1.807, 2.05) is 0 Å². The average Bonchev–Trinajstić information content (AvgIpc) is 3.09. The maximum Gasteiger partial charge on any atom is 0.442 e. The van der Waals surface area contributed by atoms with Crippen molar-refractivity contribution in [2.24, 2.45) is 4.99 Å². The van der Waals surface area contributed by atoms with Crippen molar-refractivity contribution in [3.8, 4) is 5.75 Å². The summed E-state index contributed by atoms with van der Waals surface area (Å²) in [6.07, 6.45) is -5.05. The number of amidine groups is 1. The first kappa shape index (κ1) is 16.6. The quantitative estimate of drug-likeness (QED) is 0.891. The fourth-order valence-electron chi connectivity index (χ4n) is 2.39. The van der Waals surface area contributed by atoms with Gasteiger partial charge in [0, 0.05) is 17.9 Å². The van der Waals surface area contributed by atoms with Crippen LogP contribution in [0.25, 0.3) is 0 Å². The van der Waals surface area contributed by atoms with E-state index in [1.165, 1.54) is 31.4 Å². The van der Waals surface area contributed by atoms with Gasteiger partial charge in [0.2, 0.25) is 0 Å². The minimum Gasteiger partial charge on any atom is -0.497 e. The topological polar surface area (TPSA) is 71.0 Å². The molecule has 0 aliphatic carbocycles. The second-order valence-corrected chi connectivity index (χ2v) is 6.15. The van der Waals surface area contributed by atoms with Crippen LogP contribution in [0.3, 0.4) is 0 Å². The number of hydrogen-bond acceptors (Lipinski definition) is 5. The zero-order valence-corrected chi connectivity index (χ0v) is 13.2. The monoisotopic (exact) mass is 359 g/mol. The molecule has 0 bridgehead atoms. The first-order chi connectivity index (χ1) is 11.3. The summed E-state index contributed by atoms with van der Waals surface area (Å²) in [7, 11) is 1.42. The van der Waals surface area contributed by atoms with Crippen LogP contribution in [-0.4, -0.2) is 53.1 Å². The number of aliphatic imine (C=N–C) groups is 1. The Labute approximate surface area is 139 Å². The molecule has 1 atom stereocenters. The highest BCUT2D eigenvalue weighted by Crippen LogP contribution is 2.41. The minimum atomic E-state index is -5.05. The zero-order chi connectivity index (χ0) is 17.5. The molecule has 0 unspecified atom stereocenters. The first-order valence-electron chi connectivity index (χ1n) is 6.86. The Morgan fingerprint density at radius 3 is 2.58 bits per heavy atom. The van der Waals surface area contributed by atoms with Crippen molar-refractivity contribution in [2.75, 3.05) is 19.4 Å². The van der Waals surface area contributed by atoms with Crippen molar-refractivity contribution in [1.29, 1.82) is 0 Å². The third kappa shape index (κ3) is 2.50. The third-order valence-electron chi connectivity index (χ3n) is 3.65. The predicted molar refractivity (Wildman–Crippen MR) is 80.9 cm³/mol. The van der Waals surface area contributed by atoms with Gasteiger partial charge in [0.15, 0.2) is 5.17 Å². The van der Waals surface area contributed by atoms with Crippen molar-refractivity contribution in [3.05, 3.63) is 29.8 Å². The van der Waals surface area contributed by atoms with Crippen molar-refractivity contribution >= 4 is 28.7 Å². The second-order valence-electron chi connectivity index (χ2n) is 5.09. The molecule has 1 N–H and O–H groups in total. The van der Waals surface area contributed by atoms with Gasteiger partial charge >= 0.3 is 11.8 Å². The lowest BCUT2D eigenvalue weighted by Crippen LogP contribution is -2.63. The molecule has 24 heavy (non-hydrogen) atoms. The van der Waals surface area contributed by atoms with Gasteiger partial charge in [-0.15, -0.1) is 0 Å². The van der Waals surface area contributed by atoms with Crippen LogP contribution >= 0.6 is 11.8 Å². The first-order valence-corrected chi connectivity index (χ1v) is 7.85. The fraction of sp³-hybridized carbons (Fsp3) is 0.357. The number of carbonyl (C=O) groups is 2. The van der Waals surface area contributed by atoms with Crippen LogP contribution in [0, 0.1) is 0 Å². The van der Waals surface area contributed by atoms with E-state index < -0.39 is 23.7 Å². The Morgan fingerprint density at radius 1 is 1.38 bits per heavy atom. The summed E-state index contributed by atoms with van der Waals surface area (Å²) in [5.41, 5.74) is -3.31. The molecule has 6 nitrogen and oxygen atoms in total. The fourth-order valence-corrected chi connectivity index (χ4v) is 3.37. The van der Waals surface area contributed by atoms with Gasteiger partial charge < -0.3 is 10.1 Å². The maximum atomic E-state index is 13.6. The Bertz CT molecular complexity index is 720. The van der Waals surface area contributed by atoms with Gasteiger partial charge in [-0.1, -0.05) is 11.8 Å². The molecule has 0 saturated carbocycles. The molecular formula is C14H12F3N3O3S. The highest BCUT2D eigenvalue weighted by Gasteiger charge is 2.67. The lowest BCUT2D eigenvalue weighted by atomic mass is 10.1. The van der Waals surface area contributed by atoms with E-state index in [1.54, 1.807) is 5.32 Å². The van der Waals surface area contributed by atoms with Crippen LogP contribution in [0.4, 0.5) is 13.2 Å². The summed E-state index contributed by atoms with van der Waals surface area (Å²) in [4.78, 5) is 28.9. The minimum absolute atomic E-state index is 0.0210. The van der Waals surface area contributed by atoms with Gasteiger partial charge in [0.05, 0.1) is 7.11 Å². The van der Waals surface area contributed by atoms with E-state index >= 15 is 0 Å². The number of methoxy groups -OCH3 is 1. The maximum absolute atomic E-state index is 13.6. The smallest absolute Gasteiger partial charge is 0.442 e. The van der Waals surface area contributed by atoms with E-state index in [0.29, 0.717) is 11.5 Å². The van der Waals surface area contributed by atoms with Crippen molar-refractivity contribution in [2.45, 2.75) is 11.8 Å². The summed E-state index contributed by atoms with van der Waals surface area (Å²) in [5, 5.41) is 1.75. The summed E-state index contributed by atoms with van der Waals surface area (Å²) in [6, 6.07) is 5.48. The number of rotatable bonds is 3. The molecule has 0 aromatic heterocycles. The van der Waals surface area contributed by atoms with Gasteiger partial charge in [-0.05, 0) is 24.3 Å². The Hall–Kier alpha value is -2.23. The number of ether oxygens (including phenoxy) is 1. The highest BCUT2D eigenvalue weighted by atomic mass is 32.2. The number of carbonyl (C=O) groups excluding carboxylic acids is 2. The number of thioether (sulfide) groups is 1. The number of hydrogen-bond donors (Lipinski definition) is 1. The Balaban J connectivity index is 1.92. The molecule has 2 amide bonds. The molecule has 3 rings (SSSR count). The molecule has 1 aromatic carbocycles. The van der Waals surface area contributed by atoms with Gasteiger partial charge in [0.25, 0.3) is 11.8 Å². The largest absolute Gasteiger partial charge is 0.497 e. The lowest BCUT2D eigenvalue weighted by Gasteiger charge is -2.28. The normalized spacial score (nSPS) is 23.1. The van der Waals surface area contributed by atoms with Crippen LogP contribution < -0.4 is 10.1 Å². The molecule has 128 valence electrons. The number of halogens is 3. The average molecular weight is 359 g/mol. The van der Waals surface area contributed by atoms with Crippen molar-refractivity contribution in [1.82, 2.24) is 10.2 Å². The van der Waals surface area contributed by atoms with E-state index in [4.69, 9.17) is 4.74 Å². The number of fused-ring (bicyclic) bond motifs is 1. The molecule has 1 fully saturated rings. The number of nitrogens with one attached hydrogen (secondary N) is 1. The molecule has 2 aliphatic rings. The van der Waals surface area contributed by atoms with E-state index in [-0.39, 0.29) is 17.3 Å². The number of alkyl halides is 3. The molecule has 1 saturated heterocycles. The highest BCUT2D eigenvalue weighted by molar-refractivity contribution is 8.14. The summed E-state index contributed by atoms with van der Waals surface area (Å²) in [6.45, 7) is 0.137. The Morgan fingerprint density at radius 2 is 2.04 bits per heavy atom. The SMILES string of the molecule is COc1ccc(C(=O)N[C@]2(C(F)(F)F)N=C3SCCN3C2=O)cc1. The van der Waals surface area contributed by atoms with Crippen LogP contribution in [0.5, 0.6) is 5.75 Å². The molecule has 2 heterocycles. The van der Waals surface area contributed by atoms with E-state index in [9.17, 15) is 22.8 Å². The summed E-state index contributed by atoms with van der Waals surface area (Å²) >= 11 is 1.05. The van der Waals surface area contributed by atoms with Crippen LogP contribution in [-0.2, 0) is 4.79 Å². The van der Waals surface area contributed by atoms with Gasteiger partial charge in [-0.25, -0.2) is 4.99 Å². The van der Waals surface area contributed by atoms with Gasteiger partial charge in [0.1, 0.15) is 5.75 Å². The molecular weight excluding hydrogens is 347 g/mol. The molecule has 10 heteroatoms. The number of nitrogens with zero attached hydrogens (tertiary/aromatic N) is 2. The van der Waals surface area contributed by atoms with Crippen LogP contribution in [0.15, 0.2) is 29.3 Å². The van der Waals surface area contributed by atoms with Gasteiger partial charge in [-0.2, -0.15) is 13.2 Å². The standard InChI is InChI=1S/C14H12F3N3O3S/c1-23-9-4-2-8(3-5-9)10(21)18-13(14(15,16)17)11(22)20-6-7-24-12(20)19-13/h2-5H,6-7H2,1H3,(H,18,21)/t13-/m0/s1. The van der Waals surface area contributed by atoms with Gasteiger partial charge in [-0.3, -0.25) is 14.5 Å². The summed E-state index contributed by atoms with van der Waals surface area (Å²) in [5.74, 6) is -1.40. The van der Waals surface area contributed by atoms with E-state index in [2.05, 4.69) is 4.99 Å². The molecule has 1 aromatic rings. The molecule has 2 aliphatic heterocycles. The third-order valence-corrected chi connectivity index (χ3v) is 4.61. The number of benzene rings is 1. The van der Waals surface area contributed by atoms with E-state index in [0.717, 1.165) is 16.7 Å². The second kappa shape index (κ2) is 5.69. The van der Waals surface area contributed by atoms with Crippen molar-refractivity contribution < 1.29 is 27.5 Å². The number of amides is 2. The zero-order valence-electron chi connectivity index (χ0n) is 12.4. The summed E-state index contributed by atoms with van der Waals surface area (Å²) < 4.78 is 45.6. The lowest BCUT2D eigenvalue weighted by molar-refractivity contribution is -0.196. The van der Waals surface area contributed by atoms with Crippen molar-refractivity contribution in [3.63, 3.8) is 0 Å². The Kier molecular flexibility index (Phi) is 3.94. The molecule has 0 spiro atoms. The van der Waals surface area contributed by atoms with Crippen LogP contribution in [0.1, 0.15) is 10.4 Å². The molecule has 0 radical (unpaired) electrons. The van der Waals surface area contributed by atoms with Crippen LogP contribution in [0.2, 0.25) is 0 Å².